The van der Waals surface area contributed by atoms with Crippen molar-refractivity contribution in [3.05, 3.63) is 52.4 Å². The largest absolute Gasteiger partial charge is 0.481 e. The molecular formula is C16H17ClN2O3. The average molecular weight is 321 g/mol. The number of hydrogen-bond acceptors (Lipinski definition) is 4. The van der Waals surface area contributed by atoms with Gasteiger partial charge in [-0.05, 0) is 44.2 Å². The summed E-state index contributed by atoms with van der Waals surface area (Å²) in [6.07, 6.45) is 0.416. The van der Waals surface area contributed by atoms with Crippen LogP contribution >= 0.6 is 11.6 Å². The van der Waals surface area contributed by atoms with Crippen LogP contribution in [0.4, 0.5) is 5.69 Å². The fourth-order valence-electron chi connectivity index (χ4n) is 1.99. The molecule has 2 aromatic rings. The summed E-state index contributed by atoms with van der Waals surface area (Å²) in [5.74, 6) is 0.529. The van der Waals surface area contributed by atoms with Crippen LogP contribution in [0.1, 0.15) is 30.4 Å². The number of hydrogen-bond donors (Lipinski definition) is 2. The van der Waals surface area contributed by atoms with Gasteiger partial charge in [-0.2, -0.15) is 5.10 Å². The van der Waals surface area contributed by atoms with Gasteiger partial charge in [-0.25, -0.2) is 0 Å². The third-order valence-electron chi connectivity index (χ3n) is 3.14. The smallest absolute Gasteiger partial charge is 0.303 e. The molecule has 0 aliphatic rings. The Bertz CT molecular complexity index is 690. The van der Waals surface area contributed by atoms with E-state index >= 15 is 0 Å². The number of carboxylic acids is 1. The molecule has 0 bridgehead atoms. The van der Waals surface area contributed by atoms with Gasteiger partial charge in [-0.15, -0.1) is 0 Å². The number of nitrogens with one attached hydrogen (secondary N) is 1. The molecule has 0 atom stereocenters. The minimum Gasteiger partial charge on any atom is -0.481 e. The van der Waals surface area contributed by atoms with E-state index in [2.05, 4.69) is 10.5 Å². The Morgan fingerprint density at radius 2 is 2.05 bits per heavy atom. The maximum absolute atomic E-state index is 10.6. The number of hydrazone groups is 1. The summed E-state index contributed by atoms with van der Waals surface area (Å²) in [4.78, 5) is 10.6. The van der Waals surface area contributed by atoms with Gasteiger partial charge in [0, 0.05) is 17.0 Å². The lowest BCUT2D eigenvalue weighted by Crippen LogP contribution is -2.00. The molecule has 0 amide bonds. The van der Waals surface area contributed by atoms with Gasteiger partial charge in [-0.3, -0.25) is 10.2 Å². The molecule has 0 aliphatic carbocycles. The Hall–Kier alpha value is -2.27. The molecule has 2 N–H and O–H groups in total. The van der Waals surface area contributed by atoms with Gasteiger partial charge in [0.1, 0.15) is 11.5 Å². The minimum atomic E-state index is -0.842. The first kappa shape index (κ1) is 16.1. The summed E-state index contributed by atoms with van der Waals surface area (Å²) in [5, 5.41) is 13.7. The topological polar surface area (TPSA) is 74.8 Å². The van der Waals surface area contributed by atoms with E-state index < -0.39 is 5.97 Å². The summed E-state index contributed by atoms with van der Waals surface area (Å²) in [7, 11) is 0. The lowest BCUT2D eigenvalue weighted by molar-refractivity contribution is -0.137. The molecular weight excluding hydrogens is 304 g/mol. The quantitative estimate of drug-likeness (QED) is 0.621. The van der Waals surface area contributed by atoms with Gasteiger partial charge in [0.25, 0.3) is 0 Å². The van der Waals surface area contributed by atoms with Crippen LogP contribution in [0.3, 0.4) is 0 Å². The Morgan fingerprint density at radius 1 is 1.36 bits per heavy atom. The van der Waals surface area contributed by atoms with Crippen LogP contribution in [0.2, 0.25) is 5.02 Å². The highest BCUT2D eigenvalue weighted by atomic mass is 35.5. The Kier molecular flexibility index (Phi) is 5.22. The van der Waals surface area contributed by atoms with Crippen LogP contribution in [0.15, 0.2) is 39.9 Å². The highest BCUT2D eigenvalue weighted by molar-refractivity contribution is 6.30. The minimum absolute atomic E-state index is 0.0472. The fourth-order valence-corrected chi connectivity index (χ4v) is 2.12. The van der Waals surface area contributed by atoms with Gasteiger partial charge in [-0.1, -0.05) is 11.6 Å². The van der Waals surface area contributed by atoms with Crippen molar-refractivity contribution in [3.8, 4) is 0 Å². The molecule has 0 spiro atoms. The fraction of sp³-hybridized carbons (Fsp3) is 0.250. The van der Waals surface area contributed by atoms with Gasteiger partial charge in [0.05, 0.1) is 17.8 Å². The number of aryl methyl sites for hydroxylation is 2. The van der Waals surface area contributed by atoms with E-state index in [4.69, 9.17) is 21.1 Å². The summed E-state index contributed by atoms with van der Waals surface area (Å²) in [5.41, 5.74) is 5.40. The van der Waals surface area contributed by atoms with Crippen LogP contribution in [0.5, 0.6) is 0 Å². The SMILES string of the molecule is C/C(=N/Nc1ccc(Cl)cc1)c1cc(CCC(=O)O)oc1C. The first-order valence-corrected chi connectivity index (χ1v) is 7.21. The van der Waals surface area contributed by atoms with Crippen molar-refractivity contribution in [1.29, 1.82) is 0 Å². The Labute approximate surface area is 133 Å². The number of nitrogens with zero attached hydrogens (tertiary/aromatic N) is 1. The second-order valence-electron chi connectivity index (χ2n) is 4.89. The first-order valence-electron chi connectivity index (χ1n) is 6.83. The zero-order valence-corrected chi connectivity index (χ0v) is 13.1. The van der Waals surface area contributed by atoms with Crippen LogP contribution < -0.4 is 5.43 Å². The molecule has 22 heavy (non-hydrogen) atoms. The van der Waals surface area contributed by atoms with Crippen LogP contribution in [0, 0.1) is 6.92 Å². The van der Waals surface area contributed by atoms with Gasteiger partial charge in [0.15, 0.2) is 0 Å². The number of benzene rings is 1. The van der Waals surface area contributed by atoms with Crippen LogP contribution in [-0.2, 0) is 11.2 Å². The number of rotatable bonds is 6. The summed E-state index contributed by atoms with van der Waals surface area (Å²) in [6, 6.07) is 9.06. The maximum atomic E-state index is 10.6. The molecule has 0 fully saturated rings. The number of furan rings is 1. The molecule has 1 aromatic heterocycles. The van der Waals surface area contributed by atoms with Crippen molar-refractivity contribution >= 4 is 29.0 Å². The number of anilines is 1. The molecule has 1 aromatic carbocycles. The number of carboxylic acid groups (broad SMARTS) is 1. The third-order valence-corrected chi connectivity index (χ3v) is 3.39. The molecule has 2 rings (SSSR count). The summed E-state index contributed by atoms with van der Waals surface area (Å²) in [6.45, 7) is 3.70. The monoisotopic (exact) mass is 320 g/mol. The van der Waals surface area contributed by atoms with Crippen LogP contribution in [-0.4, -0.2) is 16.8 Å². The molecule has 0 saturated carbocycles. The molecule has 5 nitrogen and oxygen atoms in total. The van der Waals surface area contributed by atoms with Crippen molar-refractivity contribution in [1.82, 2.24) is 0 Å². The first-order chi connectivity index (χ1) is 10.5. The predicted octanol–water partition coefficient (Wildman–Crippen LogP) is 4.09. The molecule has 0 aliphatic heterocycles. The zero-order valence-electron chi connectivity index (χ0n) is 12.4. The third kappa shape index (κ3) is 4.36. The van der Waals surface area contributed by atoms with E-state index in [1.54, 1.807) is 12.1 Å². The highest BCUT2D eigenvalue weighted by Crippen LogP contribution is 2.18. The normalized spacial score (nSPS) is 11.5. The molecule has 6 heteroatoms. The van der Waals surface area contributed by atoms with Crippen molar-refractivity contribution in [3.63, 3.8) is 0 Å². The second kappa shape index (κ2) is 7.13. The number of aliphatic carboxylic acids is 1. The zero-order chi connectivity index (χ0) is 16.1. The second-order valence-corrected chi connectivity index (χ2v) is 5.33. The van der Waals surface area contributed by atoms with E-state index in [-0.39, 0.29) is 6.42 Å². The van der Waals surface area contributed by atoms with Crippen molar-refractivity contribution < 1.29 is 14.3 Å². The Balaban J connectivity index is 2.07. The van der Waals surface area contributed by atoms with Crippen molar-refractivity contribution in [2.75, 3.05) is 5.43 Å². The van der Waals surface area contributed by atoms with Crippen LogP contribution in [0.25, 0.3) is 0 Å². The highest BCUT2D eigenvalue weighted by Gasteiger charge is 2.11. The van der Waals surface area contributed by atoms with E-state index in [1.807, 2.05) is 32.0 Å². The van der Waals surface area contributed by atoms with E-state index in [0.29, 0.717) is 17.2 Å². The summed E-state index contributed by atoms with van der Waals surface area (Å²) < 4.78 is 5.56. The van der Waals surface area contributed by atoms with E-state index in [0.717, 1.165) is 22.7 Å². The van der Waals surface area contributed by atoms with Gasteiger partial charge in [0.2, 0.25) is 0 Å². The standard InChI is InChI=1S/C16H17ClN2O3/c1-10(18-19-13-5-3-12(17)4-6-13)15-9-14(22-11(15)2)7-8-16(20)21/h3-6,9,19H,7-8H2,1-2H3,(H,20,21)/b18-10-. The molecule has 0 saturated heterocycles. The van der Waals surface area contributed by atoms with E-state index in [1.165, 1.54) is 0 Å². The van der Waals surface area contributed by atoms with Crippen molar-refractivity contribution in [2.45, 2.75) is 26.7 Å². The average Bonchev–Trinajstić information content (AvgIpc) is 2.85. The van der Waals surface area contributed by atoms with Crippen molar-refractivity contribution in [2.24, 2.45) is 5.10 Å². The molecule has 0 unspecified atom stereocenters. The predicted molar refractivity (Wildman–Crippen MR) is 86.7 cm³/mol. The molecule has 0 radical (unpaired) electrons. The van der Waals surface area contributed by atoms with Gasteiger partial charge < -0.3 is 9.52 Å². The van der Waals surface area contributed by atoms with Gasteiger partial charge >= 0.3 is 5.97 Å². The Morgan fingerprint density at radius 3 is 2.68 bits per heavy atom. The maximum Gasteiger partial charge on any atom is 0.303 e. The lowest BCUT2D eigenvalue weighted by atomic mass is 10.1. The number of carbonyl (C=O) groups is 1. The molecule has 1 heterocycles. The molecule has 116 valence electrons. The summed E-state index contributed by atoms with van der Waals surface area (Å²) >= 11 is 5.83. The van der Waals surface area contributed by atoms with E-state index in [9.17, 15) is 4.79 Å². The lowest BCUT2D eigenvalue weighted by Gasteiger charge is -2.02. The number of halogens is 1.